The molecule has 20 heavy (non-hydrogen) atoms. The van der Waals surface area contributed by atoms with E-state index in [4.69, 9.17) is 5.73 Å². The second kappa shape index (κ2) is 4.91. The monoisotopic (exact) mass is 289 g/mol. The Morgan fingerprint density at radius 2 is 2.15 bits per heavy atom. The third-order valence-corrected chi connectivity index (χ3v) is 3.60. The van der Waals surface area contributed by atoms with E-state index >= 15 is 0 Å². The lowest BCUT2D eigenvalue weighted by molar-refractivity contribution is 0.102. The molecular weight excluding hydrogens is 278 g/mol. The first-order valence-corrected chi connectivity index (χ1v) is 6.71. The molecule has 2 aromatic heterocycles. The van der Waals surface area contributed by atoms with E-state index in [0.717, 1.165) is 0 Å². The Morgan fingerprint density at radius 3 is 2.90 bits per heavy atom. The zero-order chi connectivity index (χ0) is 14.1. The summed E-state index contributed by atoms with van der Waals surface area (Å²) in [6, 6.07) is 5.11. The van der Waals surface area contributed by atoms with Gasteiger partial charge in [-0.25, -0.2) is 9.78 Å². The van der Waals surface area contributed by atoms with Gasteiger partial charge in [-0.1, -0.05) is 0 Å². The molecular formula is C12H11N5O2S. The number of anilines is 1. The first-order chi connectivity index (χ1) is 9.65. The van der Waals surface area contributed by atoms with Gasteiger partial charge in [0, 0.05) is 17.6 Å². The summed E-state index contributed by atoms with van der Waals surface area (Å²) < 4.78 is 0. The minimum Gasteiger partial charge on any atom is -0.325 e. The summed E-state index contributed by atoms with van der Waals surface area (Å²) in [6.07, 6.45) is 0. The summed E-state index contributed by atoms with van der Waals surface area (Å²) in [4.78, 5) is 32.5. The molecule has 3 aromatic rings. The Balaban J connectivity index is 1.84. The van der Waals surface area contributed by atoms with Crippen LogP contribution in [-0.2, 0) is 6.54 Å². The first-order valence-electron chi connectivity index (χ1n) is 5.83. The average Bonchev–Trinajstić information content (AvgIpc) is 3.03. The summed E-state index contributed by atoms with van der Waals surface area (Å²) in [5.41, 5.74) is 7.41. The molecule has 0 radical (unpaired) electrons. The summed E-state index contributed by atoms with van der Waals surface area (Å²) in [5, 5.41) is 5.10. The number of imidazole rings is 1. The van der Waals surface area contributed by atoms with Gasteiger partial charge in [0.05, 0.1) is 11.0 Å². The van der Waals surface area contributed by atoms with Gasteiger partial charge in [-0.15, -0.1) is 11.3 Å². The molecule has 0 aliphatic rings. The fraction of sp³-hybridized carbons (Fsp3) is 0.0833. The highest BCUT2D eigenvalue weighted by Gasteiger charge is 2.11. The zero-order valence-electron chi connectivity index (χ0n) is 10.3. The molecule has 102 valence electrons. The van der Waals surface area contributed by atoms with Crippen LogP contribution in [0.2, 0.25) is 0 Å². The van der Waals surface area contributed by atoms with Crippen LogP contribution in [0, 0.1) is 0 Å². The van der Waals surface area contributed by atoms with E-state index in [1.54, 1.807) is 23.6 Å². The van der Waals surface area contributed by atoms with Crippen LogP contribution in [0.5, 0.6) is 0 Å². The SMILES string of the molecule is NCc1nc(C(=O)Nc2ccc3[nH]c(=O)[nH]c3c2)cs1. The number of rotatable bonds is 3. The molecule has 0 saturated heterocycles. The van der Waals surface area contributed by atoms with E-state index in [9.17, 15) is 9.59 Å². The van der Waals surface area contributed by atoms with E-state index in [2.05, 4.69) is 20.3 Å². The molecule has 8 heteroatoms. The van der Waals surface area contributed by atoms with Crippen LogP contribution in [0.3, 0.4) is 0 Å². The van der Waals surface area contributed by atoms with Crippen molar-refractivity contribution >= 4 is 34.0 Å². The molecule has 0 atom stereocenters. The predicted molar refractivity (Wildman–Crippen MR) is 76.9 cm³/mol. The van der Waals surface area contributed by atoms with Crippen LogP contribution in [0.4, 0.5) is 5.69 Å². The Kier molecular flexibility index (Phi) is 3.09. The van der Waals surface area contributed by atoms with Gasteiger partial charge in [0.2, 0.25) is 0 Å². The number of carbonyl (C=O) groups is 1. The minimum absolute atomic E-state index is 0.282. The molecule has 0 spiro atoms. The molecule has 5 N–H and O–H groups in total. The molecule has 0 saturated carbocycles. The van der Waals surface area contributed by atoms with Gasteiger partial charge in [0.15, 0.2) is 0 Å². The van der Waals surface area contributed by atoms with Crippen LogP contribution < -0.4 is 16.7 Å². The van der Waals surface area contributed by atoms with Crippen LogP contribution >= 0.6 is 11.3 Å². The Labute approximate surface area is 116 Å². The maximum atomic E-state index is 12.0. The molecule has 0 aliphatic heterocycles. The highest BCUT2D eigenvalue weighted by atomic mass is 32.1. The number of aromatic amines is 2. The number of benzene rings is 1. The molecule has 1 amide bonds. The average molecular weight is 289 g/mol. The zero-order valence-corrected chi connectivity index (χ0v) is 11.1. The van der Waals surface area contributed by atoms with Crippen molar-refractivity contribution in [1.29, 1.82) is 0 Å². The topological polar surface area (TPSA) is 117 Å². The van der Waals surface area contributed by atoms with Crippen LogP contribution in [0.1, 0.15) is 15.5 Å². The lowest BCUT2D eigenvalue weighted by atomic mass is 10.2. The largest absolute Gasteiger partial charge is 0.325 e. The highest BCUT2D eigenvalue weighted by molar-refractivity contribution is 7.09. The number of thiazole rings is 1. The Hall–Kier alpha value is -2.45. The van der Waals surface area contributed by atoms with Crippen LogP contribution in [-0.4, -0.2) is 20.9 Å². The summed E-state index contributed by atoms with van der Waals surface area (Å²) in [6.45, 7) is 0.314. The molecule has 0 aliphatic carbocycles. The van der Waals surface area contributed by atoms with Crippen molar-refractivity contribution in [2.75, 3.05) is 5.32 Å². The van der Waals surface area contributed by atoms with Crippen molar-refractivity contribution in [3.8, 4) is 0 Å². The van der Waals surface area contributed by atoms with E-state index < -0.39 is 0 Å². The molecule has 0 fully saturated rings. The van der Waals surface area contributed by atoms with Gasteiger partial charge in [-0.2, -0.15) is 0 Å². The van der Waals surface area contributed by atoms with Crippen LogP contribution in [0.25, 0.3) is 11.0 Å². The molecule has 7 nitrogen and oxygen atoms in total. The van der Waals surface area contributed by atoms with Crippen molar-refractivity contribution in [2.45, 2.75) is 6.54 Å². The number of hydrogen-bond donors (Lipinski definition) is 4. The number of amides is 1. The summed E-state index contributed by atoms with van der Waals surface area (Å²) in [5.74, 6) is -0.307. The number of carbonyl (C=O) groups excluding carboxylic acids is 1. The number of aromatic nitrogens is 3. The lowest BCUT2D eigenvalue weighted by Crippen LogP contribution is -2.12. The van der Waals surface area contributed by atoms with Gasteiger partial charge < -0.3 is 21.0 Å². The third kappa shape index (κ3) is 2.33. The molecule has 1 aromatic carbocycles. The van der Waals surface area contributed by atoms with Crippen molar-refractivity contribution < 1.29 is 4.79 Å². The van der Waals surface area contributed by atoms with Gasteiger partial charge in [0.1, 0.15) is 10.7 Å². The second-order valence-electron chi connectivity index (χ2n) is 4.12. The number of nitrogens with one attached hydrogen (secondary N) is 3. The molecule has 0 unspecified atom stereocenters. The number of nitrogens with zero attached hydrogens (tertiary/aromatic N) is 1. The Bertz CT molecular complexity index is 832. The van der Waals surface area contributed by atoms with Crippen molar-refractivity contribution in [1.82, 2.24) is 15.0 Å². The Morgan fingerprint density at radius 1 is 1.35 bits per heavy atom. The van der Waals surface area contributed by atoms with E-state index in [1.807, 2.05) is 0 Å². The first kappa shape index (κ1) is 12.6. The number of hydrogen-bond acceptors (Lipinski definition) is 5. The summed E-state index contributed by atoms with van der Waals surface area (Å²) in [7, 11) is 0. The van der Waals surface area contributed by atoms with Gasteiger partial charge >= 0.3 is 5.69 Å². The molecule has 0 bridgehead atoms. The van der Waals surface area contributed by atoms with Crippen molar-refractivity contribution in [3.05, 3.63) is 44.8 Å². The van der Waals surface area contributed by atoms with Gasteiger partial charge in [-0.05, 0) is 18.2 Å². The highest BCUT2D eigenvalue weighted by Crippen LogP contribution is 2.16. The molecule has 3 rings (SSSR count). The minimum atomic E-state index is -0.307. The van der Waals surface area contributed by atoms with E-state index in [1.165, 1.54) is 11.3 Å². The van der Waals surface area contributed by atoms with Crippen LogP contribution in [0.15, 0.2) is 28.4 Å². The smallest absolute Gasteiger partial charge is 0.323 e. The quantitative estimate of drug-likeness (QED) is 0.576. The van der Waals surface area contributed by atoms with Gasteiger partial charge in [-0.3, -0.25) is 4.79 Å². The fourth-order valence-corrected chi connectivity index (χ4v) is 2.47. The predicted octanol–water partition coefficient (Wildman–Crippen LogP) is 1.02. The normalized spacial score (nSPS) is 10.8. The maximum absolute atomic E-state index is 12.0. The van der Waals surface area contributed by atoms with E-state index in [0.29, 0.717) is 34.0 Å². The third-order valence-electron chi connectivity index (χ3n) is 2.73. The lowest BCUT2D eigenvalue weighted by Gasteiger charge is -2.02. The van der Waals surface area contributed by atoms with Gasteiger partial charge in [0.25, 0.3) is 5.91 Å². The maximum Gasteiger partial charge on any atom is 0.323 e. The van der Waals surface area contributed by atoms with Crippen molar-refractivity contribution in [3.63, 3.8) is 0 Å². The second-order valence-corrected chi connectivity index (χ2v) is 5.07. The number of nitrogens with two attached hydrogens (primary N) is 1. The fourth-order valence-electron chi connectivity index (χ4n) is 1.81. The van der Waals surface area contributed by atoms with Crippen molar-refractivity contribution in [2.24, 2.45) is 5.73 Å². The number of H-pyrrole nitrogens is 2. The number of fused-ring (bicyclic) bond motifs is 1. The van der Waals surface area contributed by atoms with E-state index in [-0.39, 0.29) is 11.6 Å². The standard InChI is InChI=1S/C12H11N5O2S/c13-4-10-15-9(5-20-10)11(18)14-6-1-2-7-8(3-6)17-12(19)16-7/h1-3,5H,4,13H2,(H,14,18)(H2,16,17,19). The molecule has 2 heterocycles. The summed E-state index contributed by atoms with van der Waals surface area (Å²) >= 11 is 1.34.